The molecule has 2 aliphatic rings. The van der Waals surface area contributed by atoms with Gasteiger partial charge in [0, 0.05) is 32.3 Å². The molecular formula is C25H23N7O4. The molecule has 2 aromatic heterocycles. The first-order chi connectivity index (χ1) is 17.7. The molecular weight excluding hydrogens is 462 g/mol. The first kappa shape index (κ1) is 21.8. The minimum absolute atomic E-state index is 0.0365. The van der Waals surface area contributed by atoms with E-state index in [2.05, 4.69) is 25.2 Å². The highest BCUT2D eigenvalue weighted by atomic mass is 16.7. The van der Waals surface area contributed by atoms with E-state index in [9.17, 15) is 4.79 Å². The van der Waals surface area contributed by atoms with Crippen molar-refractivity contribution < 1.29 is 19.0 Å². The van der Waals surface area contributed by atoms with Gasteiger partial charge < -0.3 is 24.0 Å². The number of hydrogen-bond donors (Lipinski definition) is 0. The van der Waals surface area contributed by atoms with Crippen molar-refractivity contribution in [1.29, 1.82) is 0 Å². The van der Waals surface area contributed by atoms with E-state index >= 15 is 0 Å². The Balaban J connectivity index is 1.14. The molecule has 0 N–H and O–H groups in total. The van der Waals surface area contributed by atoms with Crippen molar-refractivity contribution in [2.45, 2.75) is 0 Å². The summed E-state index contributed by atoms with van der Waals surface area (Å²) in [5, 5.41) is 8.66. The number of piperazine rings is 1. The van der Waals surface area contributed by atoms with Crippen LogP contribution < -0.4 is 19.1 Å². The molecule has 1 amide bonds. The number of carbonyl (C=O) groups excluding carboxylic acids is 1. The topological polar surface area (TPSA) is 108 Å². The quantitative estimate of drug-likeness (QED) is 0.394. The van der Waals surface area contributed by atoms with E-state index in [4.69, 9.17) is 14.2 Å². The maximum Gasteiger partial charge on any atom is 0.246 e. The summed E-state index contributed by atoms with van der Waals surface area (Å²) in [5.41, 5.74) is 2.95. The zero-order chi connectivity index (χ0) is 24.5. The van der Waals surface area contributed by atoms with Crippen LogP contribution in [0.5, 0.6) is 17.2 Å². The van der Waals surface area contributed by atoms with Gasteiger partial charge in [-0.3, -0.25) is 4.79 Å². The fourth-order valence-corrected chi connectivity index (χ4v) is 4.29. The van der Waals surface area contributed by atoms with Gasteiger partial charge in [-0.15, -0.1) is 5.10 Å². The second-order valence-corrected chi connectivity index (χ2v) is 8.33. The molecule has 0 unspecified atom stereocenters. The van der Waals surface area contributed by atoms with Crippen LogP contribution in [-0.4, -0.2) is 75.9 Å². The number of nitrogens with zero attached hydrogens (tertiary/aromatic N) is 7. The van der Waals surface area contributed by atoms with Crippen molar-refractivity contribution in [3.8, 4) is 22.9 Å². The molecule has 0 spiro atoms. The van der Waals surface area contributed by atoms with E-state index in [0.717, 1.165) is 22.7 Å². The molecule has 182 valence electrons. The predicted molar refractivity (Wildman–Crippen MR) is 131 cm³/mol. The molecule has 0 radical (unpaired) electrons. The average molecular weight is 486 g/mol. The Morgan fingerprint density at radius 3 is 2.61 bits per heavy atom. The number of amides is 1. The summed E-state index contributed by atoms with van der Waals surface area (Å²) in [5.74, 6) is 2.85. The summed E-state index contributed by atoms with van der Waals surface area (Å²) in [4.78, 5) is 25.6. The number of benzene rings is 2. The van der Waals surface area contributed by atoms with Gasteiger partial charge in [-0.25, -0.2) is 9.97 Å². The second-order valence-electron chi connectivity index (χ2n) is 8.33. The summed E-state index contributed by atoms with van der Waals surface area (Å²) >= 11 is 0. The summed E-state index contributed by atoms with van der Waals surface area (Å²) in [7, 11) is 1.63. The fourth-order valence-electron chi connectivity index (χ4n) is 4.29. The van der Waals surface area contributed by atoms with Gasteiger partial charge in [-0.2, -0.15) is 4.68 Å². The van der Waals surface area contributed by atoms with Gasteiger partial charge in [-0.05, 0) is 48.0 Å². The molecule has 2 aliphatic heterocycles. The molecule has 0 aliphatic carbocycles. The monoisotopic (exact) mass is 485 g/mol. The number of ether oxygens (including phenoxy) is 3. The molecule has 4 heterocycles. The lowest BCUT2D eigenvalue weighted by atomic mass is 10.2. The third-order valence-corrected chi connectivity index (χ3v) is 6.24. The first-order valence-electron chi connectivity index (χ1n) is 11.5. The number of carbonyl (C=O) groups is 1. The Kier molecular flexibility index (Phi) is 5.56. The van der Waals surface area contributed by atoms with E-state index < -0.39 is 0 Å². The molecule has 1 saturated heterocycles. The smallest absolute Gasteiger partial charge is 0.246 e. The molecule has 6 rings (SSSR count). The van der Waals surface area contributed by atoms with Crippen LogP contribution in [0.2, 0.25) is 0 Å². The van der Waals surface area contributed by atoms with Crippen LogP contribution in [0.1, 0.15) is 5.56 Å². The van der Waals surface area contributed by atoms with E-state index in [1.165, 1.54) is 6.33 Å². The third-order valence-electron chi connectivity index (χ3n) is 6.24. The van der Waals surface area contributed by atoms with Crippen molar-refractivity contribution in [3.63, 3.8) is 0 Å². The zero-order valence-electron chi connectivity index (χ0n) is 19.6. The van der Waals surface area contributed by atoms with Gasteiger partial charge in [0.05, 0.1) is 12.8 Å². The third kappa shape index (κ3) is 4.04. The predicted octanol–water partition coefficient (Wildman–Crippen LogP) is 2.31. The Labute approximate surface area is 206 Å². The molecule has 1 fully saturated rings. The highest BCUT2D eigenvalue weighted by molar-refractivity contribution is 5.92. The van der Waals surface area contributed by atoms with Crippen LogP contribution in [0.15, 0.2) is 54.9 Å². The van der Waals surface area contributed by atoms with Crippen molar-refractivity contribution >= 4 is 29.0 Å². The fraction of sp³-hybridized carbons (Fsp3) is 0.240. The molecule has 11 nitrogen and oxygen atoms in total. The minimum atomic E-state index is -0.0365. The molecule has 0 bridgehead atoms. The number of fused-ring (bicyclic) bond motifs is 2. The zero-order valence-corrected chi connectivity index (χ0v) is 19.6. The van der Waals surface area contributed by atoms with Crippen LogP contribution >= 0.6 is 0 Å². The molecule has 0 saturated carbocycles. The van der Waals surface area contributed by atoms with E-state index in [1.54, 1.807) is 23.9 Å². The van der Waals surface area contributed by atoms with Gasteiger partial charge in [0.15, 0.2) is 28.5 Å². The van der Waals surface area contributed by atoms with Crippen molar-refractivity contribution in [2.24, 2.45) is 0 Å². The first-order valence-corrected chi connectivity index (χ1v) is 11.5. The molecule has 2 aromatic carbocycles. The lowest BCUT2D eigenvalue weighted by Crippen LogP contribution is -2.48. The summed E-state index contributed by atoms with van der Waals surface area (Å²) < 4.78 is 17.6. The van der Waals surface area contributed by atoms with E-state index in [1.807, 2.05) is 47.4 Å². The van der Waals surface area contributed by atoms with Gasteiger partial charge in [-0.1, -0.05) is 11.3 Å². The number of methoxy groups -OCH3 is 1. The molecule has 0 atom stereocenters. The Hall–Kier alpha value is -4.67. The van der Waals surface area contributed by atoms with E-state index in [-0.39, 0.29) is 12.7 Å². The van der Waals surface area contributed by atoms with Gasteiger partial charge in [0.2, 0.25) is 12.7 Å². The van der Waals surface area contributed by atoms with Crippen molar-refractivity contribution in [2.75, 3.05) is 45.0 Å². The summed E-state index contributed by atoms with van der Waals surface area (Å²) in [6, 6.07) is 13.1. The van der Waals surface area contributed by atoms with Crippen molar-refractivity contribution in [1.82, 2.24) is 29.9 Å². The maximum atomic E-state index is 12.8. The average Bonchev–Trinajstić information content (AvgIpc) is 3.59. The lowest BCUT2D eigenvalue weighted by Gasteiger charge is -2.34. The van der Waals surface area contributed by atoms with Gasteiger partial charge in [0.1, 0.15) is 12.1 Å². The normalized spacial score (nSPS) is 15.1. The van der Waals surface area contributed by atoms with Crippen LogP contribution in [-0.2, 0) is 4.79 Å². The van der Waals surface area contributed by atoms with Crippen LogP contribution in [0.25, 0.3) is 22.9 Å². The van der Waals surface area contributed by atoms with Crippen LogP contribution in [0.3, 0.4) is 0 Å². The Bertz CT molecular complexity index is 1440. The number of aromatic nitrogens is 5. The number of rotatable bonds is 5. The summed E-state index contributed by atoms with van der Waals surface area (Å²) in [6.45, 7) is 2.63. The van der Waals surface area contributed by atoms with E-state index in [0.29, 0.717) is 48.9 Å². The Morgan fingerprint density at radius 1 is 1.00 bits per heavy atom. The SMILES string of the molecule is COc1ccc(-n2nnc3c(N4CCN(C(=O)/C=C\c5ccc6c(c5)OCO6)CC4)ncnc32)cc1. The maximum absolute atomic E-state index is 12.8. The van der Waals surface area contributed by atoms with Crippen molar-refractivity contribution in [3.05, 3.63) is 60.4 Å². The molecule has 11 heteroatoms. The van der Waals surface area contributed by atoms with Gasteiger partial charge in [0.25, 0.3) is 0 Å². The standard InChI is InChI=1S/C25H23N7O4/c1-34-19-6-4-18(5-7-19)32-25-23(28-29-32)24(26-15-27-25)31-12-10-30(11-13-31)22(33)9-3-17-2-8-20-21(14-17)36-16-35-20/h2-9,14-15H,10-13,16H2,1H3/b9-3-. The number of hydrogen-bond acceptors (Lipinski definition) is 9. The second kappa shape index (κ2) is 9.17. The summed E-state index contributed by atoms with van der Waals surface area (Å²) in [6.07, 6.45) is 4.91. The molecule has 36 heavy (non-hydrogen) atoms. The Morgan fingerprint density at radius 2 is 1.81 bits per heavy atom. The van der Waals surface area contributed by atoms with Gasteiger partial charge >= 0.3 is 0 Å². The lowest BCUT2D eigenvalue weighted by molar-refractivity contribution is -0.126. The van der Waals surface area contributed by atoms with Crippen LogP contribution in [0, 0.1) is 0 Å². The molecule has 4 aromatic rings. The minimum Gasteiger partial charge on any atom is -0.497 e. The largest absolute Gasteiger partial charge is 0.497 e. The highest BCUT2D eigenvalue weighted by Crippen LogP contribution is 2.33. The highest BCUT2D eigenvalue weighted by Gasteiger charge is 2.24. The number of anilines is 1. The van der Waals surface area contributed by atoms with Crippen LogP contribution in [0.4, 0.5) is 5.82 Å².